The van der Waals surface area contributed by atoms with Crippen LogP contribution in [0.5, 0.6) is 0 Å². The minimum atomic E-state index is 0.0508. The molecule has 3 rings (SSSR count). The zero-order valence-corrected chi connectivity index (χ0v) is 15.9. The molecule has 0 bridgehead atoms. The first-order valence-electron chi connectivity index (χ1n) is 8.53. The average molecular weight is 379 g/mol. The number of hydrogen-bond donors (Lipinski definition) is 1. The summed E-state index contributed by atoms with van der Waals surface area (Å²) < 4.78 is 5.35. The first-order chi connectivity index (χ1) is 12.1. The second-order valence-corrected chi connectivity index (χ2v) is 7.69. The molecule has 2 aromatic carbocycles. The number of thioether (sulfide) groups is 1. The van der Waals surface area contributed by atoms with Gasteiger partial charge in [0.1, 0.15) is 0 Å². The highest BCUT2D eigenvalue weighted by Crippen LogP contribution is 2.33. The summed E-state index contributed by atoms with van der Waals surface area (Å²) in [4.78, 5) is 15.6. The molecule has 0 saturated carbocycles. The van der Waals surface area contributed by atoms with E-state index in [-0.39, 0.29) is 11.9 Å². The predicted octanol–water partition coefficient (Wildman–Crippen LogP) is 3.42. The van der Waals surface area contributed by atoms with E-state index in [0.29, 0.717) is 5.75 Å². The van der Waals surface area contributed by atoms with Gasteiger partial charge in [0, 0.05) is 41.0 Å². The smallest absolute Gasteiger partial charge is 0.230 e. The largest absolute Gasteiger partial charge is 0.379 e. The van der Waals surface area contributed by atoms with Crippen molar-refractivity contribution in [3.8, 4) is 0 Å². The van der Waals surface area contributed by atoms with Gasteiger partial charge >= 0.3 is 0 Å². The second-order valence-electron chi connectivity index (χ2n) is 6.26. The van der Waals surface area contributed by atoms with Gasteiger partial charge in [0.2, 0.25) is 5.91 Å². The molecule has 0 aliphatic carbocycles. The zero-order chi connectivity index (χ0) is 17.6. The number of halogens is 1. The number of nitrogens with one attached hydrogen (secondary N) is 1. The average Bonchev–Trinajstić information content (AvgIpc) is 2.61. The summed E-state index contributed by atoms with van der Waals surface area (Å²) in [6.45, 7) is 6.33. The van der Waals surface area contributed by atoms with Crippen molar-refractivity contribution >= 4 is 40.0 Å². The molecular formula is C19H23ClN2O2S. The molecule has 0 spiro atoms. The molecule has 1 atom stereocenters. The Labute approximate surface area is 157 Å². The minimum absolute atomic E-state index is 0.0508. The van der Waals surface area contributed by atoms with Gasteiger partial charge in [-0.2, -0.15) is 0 Å². The van der Waals surface area contributed by atoms with Crippen LogP contribution in [0.25, 0.3) is 10.8 Å². The van der Waals surface area contributed by atoms with Crippen LogP contribution in [0, 0.1) is 0 Å². The summed E-state index contributed by atoms with van der Waals surface area (Å²) in [5, 5.41) is 5.92. The van der Waals surface area contributed by atoms with Crippen LogP contribution in [0.4, 0.5) is 0 Å². The SMILES string of the molecule is CC(CN1CCOCC1)NC(=O)CSc1cccc2cccc(Cl)c12. The molecule has 25 heavy (non-hydrogen) atoms. The maximum Gasteiger partial charge on any atom is 0.230 e. The van der Waals surface area contributed by atoms with Crippen molar-refractivity contribution in [3.63, 3.8) is 0 Å². The molecule has 6 heteroatoms. The summed E-state index contributed by atoms with van der Waals surface area (Å²) in [7, 11) is 0. The van der Waals surface area contributed by atoms with E-state index in [1.165, 1.54) is 11.8 Å². The Morgan fingerprint density at radius 2 is 2.00 bits per heavy atom. The summed E-state index contributed by atoms with van der Waals surface area (Å²) in [5.41, 5.74) is 0. The van der Waals surface area contributed by atoms with Gasteiger partial charge in [0.05, 0.1) is 19.0 Å². The lowest BCUT2D eigenvalue weighted by molar-refractivity contribution is -0.119. The minimum Gasteiger partial charge on any atom is -0.379 e. The molecular weight excluding hydrogens is 356 g/mol. The molecule has 1 fully saturated rings. The molecule has 1 N–H and O–H groups in total. The molecule has 2 aromatic rings. The molecule has 0 radical (unpaired) electrons. The molecule has 0 aromatic heterocycles. The van der Waals surface area contributed by atoms with Gasteiger partial charge in [-0.1, -0.05) is 35.9 Å². The fourth-order valence-corrected chi connectivity index (χ4v) is 4.32. The van der Waals surface area contributed by atoms with E-state index in [1.807, 2.05) is 43.3 Å². The Morgan fingerprint density at radius 1 is 1.28 bits per heavy atom. The third-order valence-electron chi connectivity index (χ3n) is 4.22. The van der Waals surface area contributed by atoms with Crippen LogP contribution in [0.1, 0.15) is 6.92 Å². The van der Waals surface area contributed by atoms with Crippen LogP contribution in [0.15, 0.2) is 41.3 Å². The van der Waals surface area contributed by atoms with Crippen molar-refractivity contribution in [1.29, 1.82) is 0 Å². The summed E-state index contributed by atoms with van der Waals surface area (Å²) in [6, 6.07) is 12.1. The molecule has 1 heterocycles. The van der Waals surface area contributed by atoms with Crippen molar-refractivity contribution in [2.24, 2.45) is 0 Å². The fraction of sp³-hybridized carbons (Fsp3) is 0.421. The highest BCUT2D eigenvalue weighted by atomic mass is 35.5. The maximum absolute atomic E-state index is 12.3. The molecule has 1 aliphatic heterocycles. The van der Waals surface area contributed by atoms with Crippen LogP contribution in [-0.2, 0) is 9.53 Å². The Balaban J connectivity index is 1.54. The maximum atomic E-state index is 12.3. The summed E-state index contributed by atoms with van der Waals surface area (Å²) in [6.07, 6.45) is 0. The first kappa shape index (κ1) is 18.5. The van der Waals surface area contributed by atoms with Crippen molar-refractivity contribution in [2.75, 3.05) is 38.6 Å². The molecule has 4 nitrogen and oxygen atoms in total. The Hall–Kier alpha value is -1.27. The number of fused-ring (bicyclic) bond motifs is 1. The van der Waals surface area contributed by atoms with E-state index < -0.39 is 0 Å². The van der Waals surface area contributed by atoms with E-state index in [0.717, 1.165) is 53.5 Å². The lowest BCUT2D eigenvalue weighted by Gasteiger charge is -2.29. The highest BCUT2D eigenvalue weighted by molar-refractivity contribution is 8.00. The van der Waals surface area contributed by atoms with Crippen molar-refractivity contribution in [3.05, 3.63) is 41.4 Å². The fourth-order valence-electron chi connectivity index (χ4n) is 3.06. The van der Waals surface area contributed by atoms with Crippen molar-refractivity contribution in [1.82, 2.24) is 10.2 Å². The normalized spacial score (nSPS) is 16.7. The van der Waals surface area contributed by atoms with E-state index in [9.17, 15) is 4.79 Å². The van der Waals surface area contributed by atoms with Crippen LogP contribution in [0.3, 0.4) is 0 Å². The number of amides is 1. The lowest BCUT2D eigenvalue weighted by Crippen LogP contribution is -2.46. The van der Waals surface area contributed by atoms with Crippen molar-refractivity contribution in [2.45, 2.75) is 17.9 Å². The number of benzene rings is 2. The standard InChI is InChI=1S/C19H23ClN2O2S/c1-14(12-22-8-10-24-11-9-22)21-18(23)13-25-17-7-3-5-15-4-2-6-16(20)19(15)17/h2-7,14H,8-13H2,1H3,(H,21,23). The zero-order valence-electron chi connectivity index (χ0n) is 14.3. The number of ether oxygens (including phenoxy) is 1. The quantitative estimate of drug-likeness (QED) is 0.782. The number of nitrogens with zero attached hydrogens (tertiary/aromatic N) is 1. The molecule has 1 saturated heterocycles. The van der Waals surface area contributed by atoms with Gasteiger partial charge in [0.15, 0.2) is 0 Å². The van der Waals surface area contributed by atoms with E-state index in [2.05, 4.69) is 10.2 Å². The third-order valence-corrected chi connectivity index (χ3v) is 5.59. The number of carbonyl (C=O) groups is 1. The molecule has 1 amide bonds. The Kier molecular flexibility index (Phi) is 6.59. The van der Waals surface area contributed by atoms with E-state index in [1.54, 1.807) is 0 Å². The second kappa shape index (κ2) is 8.90. The van der Waals surface area contributed by atoms with Crippen LogP contribution < -0.4 is 5.32 Å². The summed E-state index contributed by atoms with van der Waals surface area (Å²) in [5.74, 6) is 0.437. The number of hydrogen-bond acceptors (Lipinski definition) is 4. The van der Waals surface area contributed by atoms with Crippen LogP contribution >= 0.6 is 23.4 Å². The highest BCUT2D eigenvalue weighted by Gasteiger charge is 2.15. The van der Waals surface area contributed by atoms with Gasteiger partial charge < -0.3 is 10.1 Å². The van der Waals surface area contributed by atoms with E-state index >= 15 is 0 Å². The first-order valence-corrected chi connectivity index (χ1v) is 9.89. The number of carbonyl (C=O) groups excluding carboxylic acids is 1. The summed E-state index contributed by atoms with van der Waals surface area (Å²) >= 11 is 7.87. The van der Waals surface area contributed by atoms with Gasteiger partial charge in [-0.3, -0.25) is 9.69 Å². The van der Waals surface area contributed by atoms with Gasteiger partial charge in [-0.25, -0.2) is 0 Å². The van der Waals surface area contributed by atoms with Crippen molar-refractivity contribution < 1.29 is 9.53 Å². The van der Waals surface area contributed by atoms with Gasteiger partial charge in [-0.05, 0) is 24.4 Å². The third kappa shape index (κ3) is 5.11. The van der Waals surface area contributed by atoms with Crippen LogP contribution in [0.2, 0.25) is 5.02 Å². The Bertz CT molecular complexity index is 729. The number of morpholine rings is 1. The number of rotatable bonds is 6. The van der Waals surface area contributed by atoms with Gasteiger partial charge in [-0.15, -0.1) is 11.8 Å². The lowest BCUT2D eigenvalue weighted by atomic mass is 10.1. The molecule has 1 aliphatic rings. The molecule has 134 valence electrons. The Morgan fingerprint density at radius 3 is 2.76 bits per heavy atom. The van der Waals surface area contributed by atoms with Gasteiger partial charge in [0.25, 0.3) is 0 Å². The molecule has 1 unspecified atom stereocenters. The predicted molar refractivity (Wildman–Crippen MR) is 105 cm³/mol. The van der Waals surface area contributed by atoms with Crippen LogP contribution in [-0.4, -0.2) is 55.4 Å². The van der Waals surface area contributed by atoms with E-state index in [4.69, 9.17) is 16.3 Å². The topological polar surface area (TPSA) is 41.6 Å². The monoisotopic (exact) mass is 378 g/mol.